The Morgan fingerprint density at radius 3 is 2.37 bits per heavy atom. The van der Waals surface area contributed by atoms with Gasteiger partial charge in [-0.2, -0.15) is 5.26 Å². The minimum Gasteiger partial charge on any atom is -0.446 e. The SMILES string of the molecule is Cc1ccc(S(=O)(=O)n2ccc3c(C(O)(COC(=O)NCCO)C(C)(C)C)ccc(C#N)c32)cc1. The quantitative estimate of drug-likeness (QED) is 0.454. The number of benzene rings is 2. The highest BCUT2D eigenvalue weighted by atomic mass is 32.2. The van der Waals surface area contributed by atoms with Crippen molar-refractivity contribution in [3.63, 3.8) is 0 Å². The van der Waals surface area contributed by atoms with Gasteiger partial charge in [-0.25, -0.2) is 17.2 Å². The molecule has 1 heterocycles. The van der Waals surface area contributed by atoms with Crippen molar-refractivity contribution in [1.82, 2.24) is 9.29 Å². The van der Waals surface area contributed by atoms with E-state index in [1.165, 1.54) is 30.5 Å². The van der Waals surface area contributed by atoms with E-state index in [-0.39, 0.29) is 29.1 Å². The van der Waals surface area contributed by atoms with Gasteiger partial charge >= 0.3 is 6.09 Å². The van der Waals surface area contributed by atoms with E-state index in [9.17, 15) is 23.6 Å². The zero-order valence-corrected chi connectivity index (χ0v) is 20.9. The number of aromatic nitrogens is 1. The molecule has 3 N–H and O–H groups in total. The topological polar surface area (TPSA) is 142 Å². The first-order valence-electron chi connectivity index (χ1n) is 11.0. The van der Waals surface area contributed by atoms with Gasteiger partial charge in [-0.3, -0.25) is 0 Å². The Hall–Kier alpha value is -3.39. The molecular formula is C25H29N3O6S. The van der Waals surface area contributed by atoms with Gasteiger partial charge in [0.05, 0.1) is 22.6 Å². The molecule has 0 saturated carbocycles. The molecule has 35 heavy (non-hydrogen) atoms. The fourth-order valence-corrected chi connectivity index (χ4v) is 5.15. The summed E-state index contributed by atoms with van der Waals surface area (Å²) in [6.07, 6.45) is 0.536. The molecule has 3 aromatic rings. The Kier molecular flexibility index (Phi) is 7.26. The predicted molar refractivity (Wildman–Crippen MR) is 130 cm³/mol. The molecule has 0 spiro atoms. The maximum atomic E-state index is 13.5. The molecule has 1 aromatic heterocycles. The highest BCUT2D eigenvalue weighted by Gasteiger charge is 2.44. The van der Waals surface area contributed by atoms with E-state index in [0.29, 0.717) is 10.9 Å². The van der Waals surface area contributed by atoms with Crippen LogP contribution in [0.5, 0.6) is 0 Å². The zero-order chi connectivity index (χ0) is 26.0. The number of fused-ring (bicyclic) bond motifs is 1. The van der Waals surface area contributed by atoms with E-state index in [4.69, 9.17) is 9.84 Å². The third-order valence-electron chi connectivity index (χ3n) is 5.99. The number of nitriles is 1. The van der Waals surface area contributed by atoms with Gasteiger partial charge in [0.25, 0.3) is 10.0 Å². The van der Waals surface area contributed by atoms with Crippen LogP contribution < -0.4 is 5.32 Å². The molecule has 1 amide bonds. The molecule has 0 aliphatic carbocycles. The van der Waals surface area contributed by atoms with E-state index in [1.54, 1.807) is 39.0 Å². The molecule has 1 atom stereocenters. The van der Waals surface area contributed by atoms with Crippen LogP contribution in [0.25, 0.3) is 10.9 Å². The first-order valence-corrected chi connectivity index (χ1v) is 12.4. The fraction of sp³-hybridized carbons (Fsp3) is 0.360. The summed E-state index contributed by atoms with van der Waals surface area (Å²) in [7, 11) is -4.04. The summed E-state index contributed by atoms with van der Waals surface area (Å²) in [6.45, 7) is 6.40. The second kappa shape index (κ2) is 9.70. The molecule has 0 bridgehead atoms. The molecular weight excluding hydrogens is 470 g/mol. The van der Waals surface area contributed by atoms with Crippen molar-refractivity contribution in [2.75, 3.05) is 19.8 Å². The number of rotatable bonds is 7. The highest BCUT2D eigenvalue weighted by Crippen LogP contribution is 2.43. The lowest BCUT2D eigenvalue weighted by Gasteiger charge is -2.40. The van der Waals surface area contributed by atoms with Gasteiger partial charge < -0.3 is 20.3 Å². The van der Waals surface area contributed by atoms with Crippen LogP contribution in [-0.2, 0) is 20.4 Å². The second-order valence-electron chi connectivity index (χ2n) is 9.30. The van der Waals surface area contributed by atoms with Gasteiger partial charge in [-0.1, -0.05) is 44.5 Å². The number of amides is 1. The number of nitrogens with one attached hydrogen (secondary N) is 1. The molecule has 186 valence electrons. The monoisotopic (exact) mass is 499 g/mol. The van der Waals surface area contributed by atoms with Gasteiger partial charge in [0, 0.05) is 18.1 Å². The summed E-state index contributed by atoms with van der Waals surface area (Å²) in [5, 5.41) is 33.2. The van der Waals surface area contributed by atoms with Crippen molar-refractivity contribution in [3.05, 3.63) is 65.4 Å². The Morgan fingerprint density at radius 1 is 1.14 bits per heavy atom. The Morgan fingerprint density at radius 2 is 1.80 bits per heavy atom. The molecule has 1 unspecified atom stereocenters. The number of alkyl carbamates (subject to hydrolysis) is 1. The highest BCUT2D eigenvalue weighted by molar-refractivity contribution is 7.90. The summed E-state index contributed by atoms with van der Waals surface area (Å²) in [5.41, 5.74) is -1.15. The zero-order valence-electron chi connectivity index (χ0n) is 20.1. The van der Waals surface area contributed by atoms with Crippen molar-refractivity contribution < 1.29 is 28.2 Å². The molecule has 2 aromatic carbocycles. The molecule has 0 aliphatic rings. The Labute approximate surface area is 204 Å². The molecule has 3 rings (SSSR count). The standard InChI is InChI=1S/C25H29N3O6S/c1-17-5-8-19(9-6-17)35(32,33)28-13-11-20-21(10-7-18(15-26)22(20)28)25(31,24(2,3)4)16-34-23(30)27-12-14-29/h5-11,13,29,31H,12,14,16H2,1-4H3,(H,27,30). The summed E-state index contributed by atoms with van der Waals surface area (Å²) >= 11 is 0. The second-order valence-corrected chi connectivity index (χ2v) is 11.1. The van der Waals surface area contributed by atoms with Crippen molar-refractivity contribution >= 4 is 27.0 Å². The smallest absolute Gasteiger partial charge is 0.407 e. The van der Waals surface area contributed by atoms with Gasteiger partial charge in [0.15, 0.2) is 0 Å². The molecule has 9 nitrogen and oxygen atoms in total. The van der Waals surface area contributed by atoms with Crippen molar-refractivity contribution in [3.8, 4) is 6.07 Å². The van der Waals surface area contributed by atoms with E-state index >= 15 is 0 Å². The normalized spacial score (nSPS) is 13.7. The van der Waals surface area contributed by atoms with Gasteiger partial charge in [0.2, 0.25) is 0 Å². The average molecular weight is 500 g/mol. The molecule has 0 saturated heterocycles. The van der Waals surface area contributed by atoms with Gasteiger partial charge in [0.1, 0.15) is 18.3 Å². The minimum absolute atomic E-state index is 0.00634. The lowest BCUT2D eigenvalue weighted by molar-refractivity contribution is -0.102. The summed E-state index contributed by atoms with van der Waals surface area (Å²) in [5.74, 6) is 0. The number of ether oxygens (including phenoxy) is 1. The lowest BCUT2D eigenvalue weighted by atomic mass is 9.71. The summed E-state index contributed by atoms with van der Waals surface area (Å²) < 4.78 is 33.2. The summed E-state index contributed by atoms with van der Waals surface area (Å²) in [6, 6.07) is 12.9. The van der Waals surface area contributed by atoms with Crippen molar-refractivity contribution in [2.24, 2.45) is 5.41 Å². The van der Waals surface area contributed by atoms with E-state index in [0.717, 1.165) is 9.54 Å². The number of aliphatic hydroxyl groups excluding tert-OH is 1. The maximum Gasteiger partial charge on any atom is 0.407 e. The molecule has 0 radical (unpaired) electrons. The van der Waals surface area contributed by atoms with Crippen molar-refractivity contribution in [2.45, 2.75) is 38.2 Å². The van der Waals surface area contributed by atoms with Gasteiger partial charge in [-0.15, -0.1) is 0 Å². The largest absolute Gasteiger partial charge is 0.446 e. The first kappa shape index (κ1) is 26.2. The van der Waals surface area contributed by atoms with Crippen LogP contribution in [0.15, 0.2) is 53.6 Å². The van der Waals surface area contributed by atoms with Crippen LogP contribution in [-0.4, -0.2) is 48.5 Å². The van der Waals surface area contributed by atoms with Crippen LogP contribution in [0.1, 0.15) is 37.5 Å². The molecule has 10 heteroatoms. The Bertz CT molecular complexity index is 1380. The lowest BCUT2D eigenvalue weighted by Crippen LogP contribution is -2.46. The average Bonchev–Trinajstić information content (AvgIpc) is 3.26. The fourth-order valence-electron chi connectivity index (χ4n) is 3.78. The number of carbonyl (C=O) groups excluding carboxylic acids is 1. The van der Waals surface area contributed by atoms with Crippen LogP contribution in [0.2, 0.25) is 0 Å². The predicted octanol–water partition coefficient (Wildman–Crippen LogP) is 3.01. The number of aryl methyl sites for hydroxylation is 1. The number of nitrogens with zero attached hydrogens (tertiary/aromatic N) is 2. The van der Waals surface area contributed by atoms with Crippen molar-refractivity contribution in [1.29, 1.82) is 5.26 Å². The number of aliphatic hydroxyl groups is 2. The number of hydrogen-bond acceptors (Lipinski definition) is 7. The van der Waals surface area contributed by atoms with Crippen LogP contribution in [0, 0.1) is 23.7 Å². The van der Waals surface area contributed by atoms with E-state index in [2.05, 4.69) is 5.32 Å². The van der Waals surface area contributed by atoms with Crippen LogP contribution in [0.3, 0.4) is 0 Å². The Balaban J connectivity index is 2.19. The third kappa shape index (κ3) is 4.89. The first-order chi connectivity index (χ1) is 16.4. The number of hydrogen-bond donors (Lipinski definition) is 3. The molecule has 0 fully saturated rings. The van der Waals surface area contributed by atoms with Gasteiger partial charge in [-0.05, 0) is 42.2 Å². The van der Waals surface area contributed by atoms with E-state index in [1.807, 2.05) is 13.0 Å². The minimum atomic E-state index is -4.04. The number of carbonyl (C=O) groups is 1. The molecule has 0 aliphatic heterocycles. The van der Waals surface area contributed by atoms with Crippen LogP contribution in [0.4, 0.5) is 4.79 Å². The maximum absolute atomic E-state index is 13.5. The third-order valence-corrected chi connectivity index (χ3v) is 7.68. The van der Waals surface area contributed by atoms with Crippen LogP contribution >= 0.6 is 0 Å². The van der Waals surface area contributed by atoms with E-state index < -0.39 is 33.7 Å². The summed E-state index contributed by atoms with van der Waals surface area (Å²) in [4.78, 5) is 12.1.